The number of hydrogen-bond acceptors (Lipinski definition) is 7. The van der Waals surface area contributed by atoms with Crippen molar-refractivity contribution in [1.82, 2.24) is 4.98 Å². The van der Waals surface area contributed by atoms with Gasteiger partial charge in [-0.1, -0.05) is 30.3 Å². The van der Waals surface area contributed by atoms with Crippen molar-refractivity contribution in [3.63, 3.8) is 0 Å². The lowest BCUT2D eigenvalue weighted by Crippen LogP contribution is -2.49. The lowest BCUT2D eigenvalue weighted by Gasteiger charge is -2.17. The van der Waals surface area contributed by atoms with Gasteiger partial charge in [-0.3, -0.25) is 10.1 Å². The number of aromatic nitrogens is 2. The number of nitrogens with two attached hydrogens (primary N) is 1. The minimum atomic E-state index is -0.570. The summed E-state index contributed by atoms with van der Waals surface area (Å²) in [6.45, 7) is 2.26. The van der Waals surface area contributed by atoms with Gasteiger partial charge in [0.05, 0.1) is 12.3 Å². The summed E-state index contributed by atoms with van der Waals surface area (Å²) in [5.74, 6) is -0.159. The van der Waals surface area contributed by atoms with Gasteiger partial charge in [-0.25, -0.2) is 4.79 Å². The van der Waals surface area contributed by atoms with Gasteiger partial charge >= 0.3 is 11.9 Å². The number of aryl methyl sites for hydroxylation is 1. The first-order chi connectivity index (χ1) is 16.0. The Morgan fingerprint density at radius 2 is 2.03 bits per heavy atom. The summed E-state index contributed by atoms with van der Waals surface area (Å²) in [5, 5.41) is 6.07. The number of anilines is 4. The zero-order valence-corrected chi connectivity index (χ0v) is 18.3. The quantitative estimate of drug-likeness (QED) is 0.358. The van der Waals surface area contributed by atoms with Crippen molar-refractivity contribution in [3.05, 3.63) is 71.4 Å². The predicted octanol–water partition coefficient (Wildman–Crippen LogP) is 2.43. The van der Waals surface area contributed by atoms with Crippen LogP contribution in [0.15, 0.2) is 54.7 Å². The molecule has 0 aliphatic carbocycles. The number of fused-ring (bicyclic) bond motifs is 1. The molecule has 0 spiro atoms. The maximum Gasteiger partial charge on any atom is 0.388 e. The van der Waals surface area contributed by atoms with Crippen LogP contribution in [0.1, 0.15) is 34.8 Å². The van der Waals surface area contributed by atoms with Crippen molar-refractivity contribution < 1.29 is 23.9 Å². The molecule has 0 bridgehead atoms. The maximum atomic E-state index is 12.3. The van der Waals surface area contributed by atoms with Gasteiger partial charge in [0.2, 0.25) is 11.7 Å². The Bertz CT molecular complexity index is 1170. The SMILES string of the molecule is CCOC(=O)c1cnc(Nc2ccc3c(c2)CCC(=O)N3)[n+](OCCc2ccccc2)c1N. The molecular weight excluding hydrogens is 422 g/mol. The molecule has 0 saturated heterocycles. The Morgan fingerprint density at radius 3 is 2.82 bits per heavy atom. The van der Waals surface area contributed by atoms with E-state index in [4.69, 9.17) is 15.3 Å². The number of amides is 1. The molecule has 1 aliphatic heterocycles. The molecular formula is C24H26N5O4+. The zero-order valence-electron chi connectivity index (χ0n) is 18.3. The van der Waals surface area contributed by atoms with Gasteiger partial charge in [-0.15, -0.1) is 4.98 Å². The average Bonchev–Trinajstić information content (AvgIpc) is 2.82. The number of nitrogens with zero attached hydrogens (tertiary/aromatic N) is 2. The van der Waals surface area contributed by atoms with E-state index in [0.29, 0.717) is 31.8 Å². The number of ether oxygens (including phenoxy) is 1. The third kappa shape index (κ3) is 5.20. The second-order valence-electron chi connectivity index (χ2n) is 7.51. The molecule has 170 valence electrons. The van der Waals surface area contributed by atoms with Crippen LogP contribution in [-0.4, -0.2) is 30.1 Å². The monoisotopic (exact) mass is 448 g/mol. The van der Waals surface area contributed by atoms with Crippen molar-refractivity contribution in [2.45, 2.75) is 26.2 Å². The highest BCUT2D eigenvalue weighted by Crippen LogP contribution is 2.26. The number of esters is 1. The van der Waals surface area contributed by atoms with Crippen LogP contribution in [0.5, 0.6) is 0 Å². The summed E-state index contributed by atoms with van der Waals surface area (Å²) in [4.78, 5) is 34.2. The largest absolute Gasteiger partial charge is 0.462 e. The van der Waals surface area contributed by atoms with Crippen LogP contribution in [0.2, 0.25) is 0 Å². The van der Waals surface area contributed by atoms with Gasteiger partial charge in [0.25, 0.3) is 0 Å². The van der Waals surface area contributed by atoms with E-state index >= 15 is 0 Å². The van der Waals surface area contributed by atoms with Crippen molar-refractivity contribution in [2.75, 3.05) is 29.6 Å². The zero-order chi connectivity index (χ0) is 23.2. The Balaban J connectivity index is 1.59. The third-order valence-electron chi connectivity index (χ3n) is 5.21. The fourth-order valence-corrected chi connectivity index (χ4v) is 3.54. The van der Waals surface area contributed by atoms with Crippen LogP contribution in [0, 0.1) is 0 Å². The van der Waals surface area contributed by atoms with E-state index in [1.165, 1.54) is 10.9 Å². The van der Waals surface area contributed by atoms with Gasteiger partial charge in [0.1, 0.15) is 12.8 Å². The fourth-order valence-electron chi connectivity index (χ4n) is 3.54. The van der Waals surface area contributed by atoms with Crippen LogP contribution in [-0.2, 0) is 22.4 Å². The van der Waals surface area contributed by atoms with E-state index in [9.17, 15) is 9.59 Å². The second kappa shape index (κ2) is 9.99. The molecule has 9 nitrogen and oxygen atoms in total. The van der Waals surface area contributed by atoms with Gasteiger partial charge in [0.15, 0.2) is 5.56 Å². The number of carbonyl (C=O) groups excluding carboxylic acids is 2. The van der Waals surface area contributed by atoms with Gasteiger partial charge in [0, 0.05) is 18.5 Å². The number of carbonyl (C=O) groups is 2. The molecule has 4 rings (SSSR count). The van der Waals surface area contributed by atoms with Crippen molar-refractivity contribution >= 4 is 35.0 Å². The molecule has 33 heavy (non-hydrogen) atoms. The van der Waals surface area contributed by atoms with E-state index in [2.05, 4.69) is 15.6 Å². The molecule has 3 aromatic rings. The summed E-state index contributed by atoms with van der Waals surface area (Å²) in [6, 6.07) is 15.5. The molecule has 0 radical (unpaired) electrons. The second-order valence-corrected chi connectivity index (χ2v) is 7.51. The summed E-state index contributed by atoms with van der Waals surface area (Å²) >= 11 is 0. The minimum absolute atomic E-state index is 0.0110. The summed E-state index contributed by atoms with van der Waals surface area (Å²) in [5.41, 5.74) is 10.1. The molecule has 1 aliphatic rings. The topological polar surface area (TPSA) is 119 Å². The maximum absolute atomic E-state index is 12.3. The number of hydrogen-bond donors (Lipinski definition) is 3. The van der Waals surface area contributed by atoms with Crippen LogP contribution >= 0.6 is 0 Å². The summed E-state index contributed by atoms with van der Waals surface area (Å²) in [7, 11) is 0. The van der Waals surface area contributed by atoms with Crippen molar-refractivity contribution in [1.29, 1.82) is 0 Å². The molecule has 0 atom stereocenters. The van der Waals surface area contributed by atoms with Crippen LogP contribution in [0.3, 0.4) is 0 Å². The Kier molecular flexibility index (Phi) is 6.68. The molecule has 2 heterocycles. The molecule has 1 aromatic heterocycles. The molecule has 0 fully saturated rings. The first kappa shape index (κ1) is 22.1. The third-order valence-corrected chi connectivity index (χ3v) is 5.21. The van der Waals surface area contributed by atoms with Gasteiger partial charge in [-0.05, 0) is 47.4 Å². The Labute approximate surface area is 191 Å². The van der Waals surface area contributed by atoms with E-state index in [1.54, 1.807) is 6.92 Å². The minimum Gasteiger partial charge on any atom is -0.462 e. The fraction of sp³-hybridized carbons (Fsp3) is 0.250. The molecule has 9 heteroatoms. The van der Waals surface area contributed by atoms with E-state index in [1.807, 2.05) is 48.5 Å². The van der Waals surface area contributed by atoms with Crippen molar-refractivity contribution in [2.24, 2.45) is 0 Å². The smallest absolute Gasteiger partial charge is 0.388 e. The Morgan fingerprint density at radius 1 is 1.21 bits per heavy atom. The van der Waals surface area contributed by atoms with E-state index in [0.717, 1.165) is 22.5 Å². The average molecular weight is 449 g/mol. The standard InChI is InChI=1S/C24H25N5O4/c1-2-32-23(31)19-15-26-24(27-18-9-10-20-17(14-18)8-11-21(30)28-20)29(22(19)25)33-13-12-16-6-4-3-5-7-16/h3-7,9-10,14-15H,2,8,11-13H2,1H3,(H3,25,26,27,28,30,31)/p+1. The van der Waals surface area contributed by atoms with Crippen LogP contribution < -0.4 is 25.9 Å². The Hall–Kier alpha value is -4.14. The molecule has 1 amide bonds. The highest BCUT2D eigenvalue weighted by Gasteiger charge is 2.25. The van der Waals surface area contributed by atoms with Crippen molar-refractivity contribution in [3.8, 4) is 0 Å². The number of nitrogens with one attached hydrogen (secondary N) is 2. The lowest BCUT2D eigenvalue weighted by molar-refractivity contribution is -0.870. The normalized spacial score (nSPS) is 12.5. The molecule has 2 aromatic carbocycles. The molecule has 0 unspecified atom stereocenters. The van der Waals surface area contributed by atoms with Gasteiger partial charge in [-0.2, -0.15) is 0 Å². The van der Waals surface area contributed by atoms with Crippen LogP contribution in [0.25, 0.3) is 0 Å². The summed E-state index contributed by atoms with van der Waals surface area (Å²) in [6.07, 6.45) is 3.11. The van der Waals surface area contributed by atoms with E-state index < -0.39 is 5.97 Å². The molecule has 0 saturated carbocycles. The first-order valence-electron chi connectivity index (χ1n) is 10.8. The first-order valence-corrected chi connectivity index (χ1v) is 10.8. The highest BCUT2D eigenvalue weighted by atomic mass is 16.7. The number of nitrogen functional groups attached to an aromatic ring is 1. The molecule has 4 N–H and O–H groups in total. The van der Waals surface area contributed by atoms with Gasteiger partial charge < -0.3 is 20.6 Å². The van der Waals surface area contributed by atoms with Crippen LogP contribution in [0.4, 0.5) is 23.1 Å². The predicted molar refractivity (Wildman–Crippen MR) is 123 cm³/mol. The number of benzene rings is 2. The number of rotatable bonds is 8. The highest BCUT2D eigenvalue weighted by molar-refractivity contribution is 5.94. The lowest BCUT2D eigenvalue weighted by atomic mass is 10.0. The van der Waals surface area contributed by atoms with E-state index in [-0.39, 0.29) is 23.9 Å². The summed E-state index contributed by atoms with van der Waals surface area (Å²) < 4.78 is 6.40.